The number of ether oxygens (including phenoxy) is 2. The number of nitrogens with zero attached hydrogens (tertiary/aromatic N) is 4. The van der Waals surface area contributed by atoms with Gasteiger partial charge in [0.1, 0.15) is 16.9 Å². The normalized spacial score (nSPS) is 13.6. The number of fused-ring (bicyclic) bond motifs is 1. The molecule has 0 radical (unpaired) electrons. The third kappa shape index (κ3) is 6.23. The smallest absolute Gasteiger partial charge is 0.323 e. The number of thiophene rings is 1. The van der Waals surface area contributed by atoms with E-state index in [0.29, 0.717) is 32.9 Å². The molecule has 0 amide bonds. The van der Waals surface area contributed by atoms with Crippen molar-refractivity contribution >= 4 is 45.1 Å². The fourth-order valence-electron chi connectivity index (χ4n) is 4.63. The maximum Gasteiger partial charge on any atom is 0.323 e. The van der Waals surface area contributed by atoms with Crippen molar-refractivity contribution in [1.82, 2.24) is 19.7 Å². The Balaban J connectivity index is 1.47. The van der Waals surface area contributed by atoms with Crippen LogP contribution in [0.5, 0.6) is 5.88 Å². The largest absolute Gasteiger partial charge is 0.465 e. The van der Waals surface area contributed by atoms with Crippen LogP contribution in [0.25, 0.3) is 27.0 Å². The number of nitrogens with two attached hydrogens (primary N) is 2. The van der Waals surface area contributed by atoms with Gasteiger partial charge in [-0.1, -0.05) is 41.9 Å². The van der Waals surface area contributed by atoms with Crippen LogP contribution in [0.3, 0.4) is 0 Å². The summed E-state index contributed by atoms with van der Waals surface area (Å²) in [5, 5.41) is 6.89. The molecule has 0 bridgehead atoms. The molecule has 218 valence electrons. The van der Waals surface area contributed by atoms with Crippen molar-refractivity contribution < 1.29 is 18.7 Å². The fourth-order valence-corrected chi connectivity index (χ4v) is 5.74. The van der Waals surface area contributed by atoms with Crippen LogP contribution in [-0.4, -0.2) is 44.5 Å². The van der Waals surface area contributed by atoms with Crippen LogP contribution in [0.15, 0.2) is 60.1 Å². The van der Waals surface area contributed by atoms with Crippen molar-refractivity contribution in [2.45, 2.75) is 45.5 Å². The van der Waals surface area contributed by atoms with E-state index in [-0.39, 0.29) is 18.4 Å². The lowest BCUT2D eigenvalue weighted by Crippen LogP contribution is -2.34. The summed E-state index contributed by atoms with van der Waals surface area (Å²) in [6, 6.07) is 13.9. The van der Waals surface area contributed by atoms with Gasteiger partial charge in [0.25, 0.3) is 0 Å². The molecule has 0 spiro atoms. The topological polar surface area (TPSA) is 131 Å². The molecule has 0 saturated heterocycles. The summed E-state index contributed by atoms with van der Waals surface area (Å²) in [5.41, 5.74) is 17.2. The first-order valence-corrected chi connectivity index (χ1v) is 14.6. The molecule has 3 atom stereocenters. The minimum atomic E-state index is -1.42. The lowest BCUT2D eigenvalue weighted by Gasteiger charge is -2.23. The zero-order valence-electron chi connectivity index (χ0n) is 23.3. The average Bonchev–Trinajstić information content (AvgIpc) is 3.58. The number of aromatic nitrogens is 4. The van der Waals surface area contributed by atoms with E-state index in [2.05, 4.69) is 15.1 Å². The van der Waals surface area contributed by atoms with Gasteiger partial charge in [-0.25, -0.2) is 14.1 Å². The maximum absolute atomic E-state index is 15.2. The van der Waals surface area contributed by atoms with Crippen LogP contribution >= 0.6 is 22.9 Å². The van der Waals surface area contributed by atoms with Crippen molar-refractivity contribution in [3.05, 3.63) is 82.0 Å². The van der Waals surface area contributed by atoms with E-state index in [9.17, 15) is 4.79 Å². The van der Waals surface area contributed by atoms with Gasteiger partial charge in [0, 0.05) is 27.7 Å². The zero-order valence-corrected chi connectivity index (χ0v) is 24.8. The van der Waals surface area contributed by atoms with Gasteiger partial charge in [-0.05, 0) is 56.5 Å². The highest BCUT2D eigenvalue weighted by atomic mass is 35.5. The molecule has 4 N–H and O–H groups in total. The number of rotatable bonds is 10. The van der Waals surface area contributed by atoms with E-state index < -0.39 is 24.3 Å². The summed E-state index contributed by atoms with van der Waals surface area (Å²) < 4.78 is 28.8. The number of anilines is 1. The third-order valence-corrected chi connectivity index (χ3v) is 7.83. The summed E-state index contributed by atoms with van der Waals surface area (Å²) in [7, 11) is 0. The Morgan fingerprint density at radius 2 is 1.93 bits per heavy atom. The number of halogens is 2. The molecule has 9 nitrogen and oxygen atoms in total. The van der Waals surface area contributed by atoms with Crippen LogP contribution in [0, 0.1) is 6.92 Å². The van der Waals surface area contributed by atoms with Crippen LogP contribution in [0.2, 0.25) is 5.02 Å². The number of esters is 1. The van der Waals surface area contributed by atoms with Gasteiger partial charge in [-0.2, -0.15) is 10.1 Å². The molecule has 0 aliphatic carbocycles. The minimum Gasteiger partial charge on any atom is -0.465 e. The minimum absolute atomic E-state index is 0.00141. The van der Waals surface area contributed by atoms with Crippen molar-refractivity contribution in [3.8, 4) is 22.7 Å². The second-order valence-electron chi connectivity index (χ2n) is 9.79. The molecule has 2 aromatic carbocycles. The lowest BCUT2D eigenvalue weighted by molar-refractivity contribution is -0.144. The Labute approximate surface area is 251 Å². The molecule has 3 heterocycles. The third-order valence-electron chi connectivity index (χ3n) is 6.64. The number of hydrogen-bond acceptors (Lipinski definition) is 9. The summed E-state index contributed by atoms with van der Waals surface area (Å²) in [6.45, 7) is 5.32. The molecule has 1 unspecified atom stereocenters. The molecule has 0 aliphatic rings. The second kappa shape index (κ2) is 12.4. The summed E-state index contributed by atoms with van der Waals surface area (Å²) >= 11 is 7.68. The first kappa shape index (κ1) is 29.4. The number of nitrogen functional groups attached to an aromatic ring is 1. The van der Waals surface area contributed by atoms with E-state index in [4.69, 9.17) is 32.5 Å². The highest BCUT2D eigenvalue weighted by Gasteiger charge is 2.28. The van der Waals surface area contributed by atoms with Gasteiger partial charge in [-0.15, -0.1) is 11.3 Å². The van der Waals surface area contributed by atoms with Crippen LogP contribution < -0.4 is 16.2 Å². The molecule has 5 aromatic rings. The predicted molar refractivity (Wildman–Crippen MR) is 163 cm³/mol. The molecule has 5 rings (SSSR count). The van der Waals surface area contributed by atoms with E-state index in [1.165, 1.54) is 18.3 Å². The predicted octanol–water partition coefficient (Wildman–Crippen LogP) is 6.00. The van der Waals surface area contributed by atoms with Crippen LogP contribution in [-0.2, 0) is 16.0 Å². The molecule has 0 fully saturated rings. The Hall–Kier alpha value is -4.06. The molecular formula is C30H30ClFN6O3S. The van der Waals surface area contributed by atoms with Gasteiger partial charge in [0.15, 0.2) is 6.10 Å². The van der Waals surface area contributed by atoms with Crippen LogP contribution in [0.1, 0.15) is 36.8 Å². The zero-order chi connectivity index (χ0) is 30.0. The second-order valence-corrected chi connectivity index (χ2v) is 11.1. The molecule has 12 heteroatoms. The number of hydrogen-bond donors (Lipinski definition) is 2. The summed E-state index contributed by atoms with van der Waals surface area (Å²) in [6.07, 6.45) is -0.315. The lowest BCUT2D eigenvalue weighted by atomic mass is 10.0. The van der Waals surface area contributed by atoms with Gasteiger partial charge in [0.05, 0.1) is 23.5 Å². The SMILES string of the molecule is CCOC(=O)[C@@H](N)Cc1ccc(-c2csc3c(O[C@H](c4ccc(Cl)cc4-n4ccc(C)n4)C(C)F)nc(N)nc23)cc1. The average molecular weight is 609 g/mol. The number of carbonyl (C=O) groups excluding carboxylic acids is 1. The fraction of sp³-hybridized carbons (Fsp3) is 0.267. The van der Waals surface area contributed by atoms with Gasteiger partial charge in [0.2, 0.25) is 11.8 Å². The Bertz CT molecular complexity index is 1720. The van der Waals surface area contributed by atoms with Crippen molar-refractivity contribution in [3.63, 3.8) is 0 Å². The maximum atomic E-state index is 15.2. The van der Waals surface area contributed by atoms with Crippen molar-refractivity contribution in [2.75, 3.05) is 12.3 Å². The molecular weight excluding hydrogens is 579 g/mol. The summed E-state index contributed by atoms with van der Waals surface area (Å²) in [4.78, 5) is 20.7. The Morgan fingerprint density at radius 1 is 1.17 bits per heavy atom. The van der Waals surface area contributed by atoms with Crippen LogP contribution in [0.4, 0.5) is 10.3 Å². The molecule has 0 aliphatic heterocycles. The van der Waals surface area contributed by atoms with Crippen molar-refractivity contribution in [2.24, 2.45) is 5.73 Å². The Kier molecular flexibility index (Phi) is 8.72. The van der Waals surface area contributed by atoms with Gasteiger partial charge in [-0.3, -0.25) is 4.79 Å². The van der Waals surface area contributed by atoms with E-state index in [0.717, 1.165) is 22.4 Å². The standard InChI is InChI=1S/C30H30ClFN6O3S/c1-4-40-29(39)23(33)13-18-5-7-19(8-6-18)22-15-42-27-25(22)35-30(34)36-28(27)41-26(17(3)32)21-10-9-20(31)14-24(21)38-12-11-16(2)37-38/h5-12,14-15,17,23,26H,4,13,33H2,1-3H3,(H2,34,35,36)/t17?,23-,26-/m0/s1. The summed E-state index contributed by atoms with van der Waals surface area (Å²) in [5.74, 6) is -0.257. The number of benzene rings is 2. The molecule has 42 heavy (non-hydrogen) atoms. The number of carbonyl (C=O) groups is 1. The Morgan fingerprint density at radius 3 is 2.60 bits per heavy atom. The molecule has 0 saturated carbocycles. The quantitative estimate of drug-likeness (QED) is 0.185. The van der Waals surface area contributed by atoms with Gasteiger partial charge >= 0.3 is 5.97 Å². The van der Waals surface area contributed by atoms with E-state index >= 15 is 4.39 Å². The number of alkyl halides is 1. The van der Waals surface area contributed by atoms with Crippen molar-refractivity contribution in [1.29, 1.82) is 0 Å². The van der Waals surface area contributed by atoms with E-state index in [1.807, 2.05) is 42.6 Å². The number of aryl methyl sites for hydroxylation is 1. The molecule has 3 aromatic heterocycles. The van der Waals surface area contributed by atoms with Gasteiger partial charge < -0.3 is 20.9 Å². The monoisotopic (exact) mass is 608 g/mol. The first-order chi connectivity index (χ1) is 20.1. The first-order valence-electron chi connectivity index (χ1n) is 13.3. The van der Waals surface area contributed by atoms with E-state index in [1.54, 1.807) is 36.0 Å². The highest BCUT2D eigenvalue weighted by molar-refractivity contribution is 7.18. The highest BCUT2D eigenvalue weighted by Crippen LogP contribution is 2.40.